The molecule has 1 aromatic heterocycles. The molecule has 2 amide bonds. The molecule has 1 N–H and O–H groups in total. The lowest BCUT2D eigenvalue weighted by molar-refractivity contribution is -0.132. The second-order valence-electron chi connectivity index (χ2n) is 5.64. The van der Waals surface area contributed by atoms with E-state index in [4.69, 9.17) is 11.6 Å². The normalized spacial score (nSPS) is 14.8. The van der Waals surface area contributed by atoms with Crippen LogP contribution < -0.4 is 0 Å². The highest BCUT2D eigenvalue weighted by Crippen LogP contribution is 2.21. The van der Waals surface area contributed by atoms with Crippen molar-refractivity contribution < 1.29 is 14.0 Å². The lowest BCUT2D eigenvalue weighted by atomic mass is 10.1. The molecule has 7 heteroatoms. The van der Waals surface area contributed by atoms with Crippen LogP contribution in [-0.2, 0) is 11.2 Å². The number of piperazine rings is 1. The van der Waals surface area contributed by atoms with Gasteiger partial charge in [-0.3, -0.25) is 9.59 Å². The van der Waals surface area contributed by atoms with Crippen LogP contribution in [0, 0.1) is 5.82 Å². The molecular formula is C17H17ClFN3O2. The van der Waals surface area contributed by atoms with Crippen LogP contribution in [-0.4, -0.2) is 52.8 Å². The minimum atomic E-state index is -0.627. The summed E-state index contributed by atoms with van der Waals surface area (Å²) in [5.74, 6) is -1.05. The third-order valence-corrected chi connectivity index (χ3v) is 4.42. The standard InChI is InChI=1S/C17H17ClFN3O2/c18-13-4-1-5-14(19)16(13)17(24)22-9-7-21(8-10-22)15(23)11-12-3-2-6-20-12/h1-6,20H,7-11H2. The lowest BCUT2D eigenvalue weighted by Crippen LogP contribution is -2.51. The van der Waals surface area contributed by atoms with E-state index in [1.807, 2.05) is 12.1 Å². The number of hydrogen-bond acceptors (Lipinski definition) is 2. The smallest absolute Gasteiger partial charge is 0.258 e. The van der Waals surface area contributed by atoms with Crippen LogP contribution in [0.15, 0.2) is 36.5 Å². The lowest BCUT2D eigenvalue weighted by Gasteiger charge is -2.35. The number of nitrogens with zero attached hydrogens (tertiary/aromatic N) is 2. The summed E-state index contributed by atoms with van der Waals surface area (Å²) in [5.41, 5.74) is 0.752. The summed E-state index contributed by atoms with van der Waals surface area (Å²) in [4.78, 5) is 31.0. The molecule has 0 unspecified atom stereocenters. The predicted molar refractivity (Wildman–Crippen MR) is 88.4 cm³/mol. The van der Waals surface area contributed by atoms with E-state index >= 15 is 0 Å². The minimum absolute atomic E-state index is 0.00785. The Morgan fingerprint density at radius 3 is 2.42 bits per heavy atom. The van der Waals surface area contributed by atoms with Gasteiger partial charge in [0.15, 0.2) is 0 Å². The van der Waals surface area contributed by atoms with Gasteiger partial charge in [0.25, 0.3) is 5.91 Å². The first kappa shape index (κ1) is 16.5. The molecule has 3 rings (SSSR count). The third-order valence-electron chi connectivity index (χ3n) is 4.10. The molecular weight excluding hydrogens is 333 g/mol. The van der Waals surface area contributed by atoms with Crippen LogP contribution in [0.4, 0.5) is 4.39 Å². The Balaban J connectivity index is 1.60. The molecule has 0 radical (unpaired) electrons. The number of nitrogens with one attached hydrogen (secondary N) is 1. The molecule has 0 spiro atoms. The summed E-state index contributed by atoms with van der Waals surface area (Å²) in [6, 6.07) is 7.88. The molecule has 126 valence electrons. The van der Waals surface area contributed by atoms with Crippen LogP contribution in [0.25, 0.3) is 0 Å². The number of carbonyl (C=O) groups excluding carboxylic acids is 2. The number of hydrogen-bond donors (Lipinski definition) is 1. The zero-order chi connectivity index (χ0) is 17.1. The average molecular weight is 350 g/mol. The van der Waals surface area contributed by atoms with E-state index in [2.05, 4.69) is 4.98 Å². The van der Waals surface area contributed by atoms with Crippen molar-refractivity contribution >= 4 is 23.4 Å². The quantitative estimate of drug-likeness (QED) is 0.924. The van der Waals surface area contributed by atoms with Gasteiger partial charge in [-0.15, -0.1) is 0 Å². The van der Waals surface area contributed by atoms with E-state index in [1.165, 1.54) is 23.1 Å². The monoisotopic (exact) mass is 349 g/mol. The topological polar surface area (TPSA) is 56.4 Å². The Morgan fingerprint density at radius 2 is 1.79 bits per heavy atom. The summed E-state index contributed by atoms with van der Waals surface area (Å²) in [7, 11) is 0. The number of benzene rings is 1. The first-order chi connectivity index (χ1) is 11.6. The van der Waals surface area contributed by atoms with E-state index in [0.717, 1.165) is 5.69 Å². The molecule has 1 aliphatic rings. The number of H-pyrrole nitrogens is 1. The first-order valence-electron chi connectivity index (χ1n) is 7.69. The number of aromatic amines is 1. The Kier molecular flexibility index (Phi) is 4.85. The van der Waals surface area contributed by atoms with Gasteiger partial charge in [-0.05, 0) is 24.3 Å². The van der Waals surface area contributed by atoms with E-state index in [-0.39, 0.29) is 16.5 Å². The van der Waals surface area contributed by atoms with Crippen LogP contribution >= 0.6 is 11.6 Å². The molecule has 1 saturated heterocycles. The van der Waals surface area contributed by atoms with Gasteiger partial charge in [0.1, 0.15) is 5.82 Å². The van der Waals surface area contributed by atoms with Crippen LogP contribution in [0.3, 0.4) is 0 Å². The Morgan fingerprint density at radius 1 is 1.08 bits per heavy atom. The Bertz CT molecular complexity index is 720. The molecule has 1 aliphatic heterocycles. The Labute approximate surface area is 144 Å². The van der Waals surface area contributed by atoms with Crippen molar-refractivity contribution in [2.45, 2.75) is 6.42 Å². The maximum Gasteiger partial charge on any atom is 0.258 e. The number of carbonyl (C=O) groups is 2. The van der Waals surface area contributed by atoms with Gasteiger partial charge >= 0.3 is 0 Å². The fourth-order valence-corrected chi connectivity index (χ4v) is 3.02. The molecule has 1 fully saturated rings. The molecule has 5 nitrogen and oxygen atoms in total. The second-order valence-corrected chi connectivity index (χ2v) is 6.05. The molecule has 0 bridgehead atoms. The molecule has 2 heterocycles. The van der Waals surface area contributed by atoms with Crippen LogP contribution in [0.1, 0.15) is 16.1 Å². The van der Waals surface area contributed by atoms with Crippen LogP contribution in [0.2, 0.25) is 5.02 Å². The zero-order valence-corrected chi connectivity index (χ0v) is 13.7. The van der Waals surface area contributed by atoms with Crippen molar-refractivity contribution in [3.63, 3.8) is 0 Å². The average Bonchev–Trinajstić information content (AvgIpc) is 3.07. The third kappa shape index (κ3) is 3.43. The SMILES string of the molecule is O=C(Cc1ccc[nH]1)N1CCN(C(=O)c2c(F)cccc2Cl)CC1. The highest BCUT2D eigenvalue weighted by atomic mass is 35.5. The largest absolute Gasteiger partial charge is 0.365 e. The summed E-state index contributed by atoms with van der Waals surface area (Å²) in [5, 5.41) is 0.102. The van der Waals surface area contributed by atoms with Crippen molar-refractivity contribution in [1.29, 1.82) is 0 Å². The van der Waals surface area contributed by atoms with Gasteiger partial charge in [-0.25, -0.2) is 4.39 Å². The van der Waals surface area contributed by atoms with Gasteiger partial charge < -0.3 is 14.8 Å². The molecule has 0 aliphatic carbocycles. The summed E-state index contributed by atoms with van der Waals surface area (Å²) in [6.45, 7) is 1.58. The van der Waals surface area contributed by atoms with Gasteiger partial charge in [0, 0.05) is 38.1 Å². The van der Waals surface area contributed by atoms with Crippen molar-refractivity contribution in [2.75, 3.05) is 26.2 Å². The first-order valence-corrected chi connectivity index (χ1v) is 8.07. The van der Waals surface area contributed by atoms with Gasteiger partial charge in [0.05, 0.1) is 17.0 Å². The fraction of sp³-hybridized carbons (Fsp3) is 0.294. The molecule has 0 atom stereocenters. The second kappa shape index (κ2) is 7.05. The number of amides is 2. The zero-order valence-electron chi connectivity index (χ0n) is 13.0. The highest BCUT2D eigenvalue weighted by molar-refractivity contribution is 6.33. The number of aromatic nitrogens is 1. The van der Waals surface area contributed by atoms with Crippen molar-refractivity contribution in [3.05, 3.63) is 58.6 Å². The van der Waals surface area contributed by atoms with Crippen molar-refractivity contribution in [2.24, 2.45) is 0 Å². The van der Waals surface area contributed by atoms with Crippen molar-refractivity contribution in [1.82, 2.24) is 14.8 Å². The summed E-state index contributed by atoms with van der Waals surface area (Å²) < 4.78 is 13.9. The van der Waals surface area contributed by atoms with Crippen LogP contribution in [0.5, 0.6) is 0 Å². The maximum absolute atomic E-state index is 13.9. The maximum atomic E-state index is 13.9. The number of rotatable bonds is 3. The van der Waals surface area contributed by atoms with Gasteiger partial charge in [-0.2, -0.15) is 0 Å². The summed E-state index contributed by atoms with van der Waals surface area (Å²) >= 11 is 5.95. The minimum Gasteiger partial charge on any atom is -0.365 e. The van der Waals surface area contributed by atoms with E-state index in [9.17, 15) is 14.0 Å². The molecule has 0 saturated carbocycles. The molecule has 1 aromatic carbocycles. The van der Waals surface area contributed by atoms with Gasteiger partial charge in [0.2, 0.25) is 5.91 Å². The molecule has 24 heavy (non-hydrogen) atoms. The number of halogens is 2. The highest BCUT2D eigenvalue weighted by Gasteiger charge is 2.27. The summed E-state index contributed by atoms with van der Waals surface area (Å²) in [6.07, 6.45) is 2.08. The molecule has 2 aromatic rings. The Hall–Kier alpha value is -2.34. The van der Waals surface area contributed by atoms with Crippen molar-refractivity contribution in [3.8, 4) is 0 Å². The van der Waals surface area contributed by atoms with E-state index in [1.54, 1.807) is 11.1 Å². The predicted octanol–water partition coefficient (Wildman–Crippen LogP) is 2.33. The van der Waals surface area contributed by atoms with E-state index in [0.29, 0.717) is 32.6 Å². The fourth-order valence-electron chi connectivity index (χ4n) is 2.77. The van der Waals surface area contributed by atoms with Gasteiger partial charge in [-0.1, -0.05) is 17.7 Å². The van der Waals surface area contributed by atoms with E-state index < -0.39 is 11.7 Å².